The van der Waals surface area contributed by atoms with Crippen LogP contribution in [-0.4, -0.2) is 17.4 Å². The molecular weight excluding hydrogens is 345 g/mol. The number of Topliss-reactive ketones (excluding diaryl/α,β-unsaturated/α-hetero) is 1. The number of carbonyl (C=O) groups is 2. The highest BCUT2D eigenvalue weighted by molar-refractivity contribution is 8.00. The van der Waals surface area contributed by atoms with Crippen molar-refractivity contribution in [3.05, 3.63) is 52.0 Å². The van der Waals surface area contributed by atoms with Gasteiger partial charge in [0.1, 0.15) is 5.82 Å². The van der Waals surface area contributed by atoms with Crippen molar-refractivity contribution < 1.29 is 14.0 Å². The summed E-state index contributed by atoms with van der Waals surface area (Å²) < 4.78 is 12.9. The molecule has 0 unspecified atom stereocenters. The fourth-order valence-electron chi connectivity index (χ4n) is 1.81. The molecule has 0 saturated carbocycles. The number of amides is 1. The predicted molar refractivity (Wildman–Crippen MR) is 97.1 cm³/mol. The third-order valence-electron chi connectivity index (χ3n) is 3.22. The molecule has 0 spiro atoms. The Labute approximate surface area is 149 Å². The second-order valence-electron chi connectivity index (χ2n) is 6.36. The number of ketones is 1. The van der Waals surface area contributed by atoms with E-state index in [0.717, 1.165) is 9.77 Å². The first-order chi connectivity index (χ1) is 11.3. The lowest BCUT2D eigenvalue weighted by atomic mass is 9.96. The van der Waals surface area contributed by atoms with Gasteiger partial charge in [0.25, 0.3) is 0 Å². The highest BCUT2D eigenvalue weighted by Gasteiger charge is 2.20. The molecule has 0 fully saturated rings. The van der Waals surface area contributed by atoms with Gasteiger partial charge < -0.3 is 5.32 Å². The van der Waals surface area contributed by atoms with Crippen molar-refractivity contribution in [1.82, 2.24) is 5.32 Å². The number of hydrogen-bond donors (Lipinski definition) is 1. The van der Waals surface area contributed by atoms with Crippen LogP contribution in [0.25, 0.3) is 0 Å². The number of rotatable bonds is 6. The molecule has 2 aromatic rings. The fourth-order valence-corrected chi connectivity index (χ4v) is 3.56. The van der Waals surface area contributed by atoms with Gasteiger partial charge in [0.15, 0.2) is 5.78 Å². The Bertz CT molecular complexity index is 717. The molecule has 128 valence electrons. The van der Waals surface area contributed by atoms with E-state index < -0.39 is 5.41 Å². The summed E-state index contributed by atoms with van der Waals surface area (Å²) in [4.78, 5) is 26.6. The summed E-state index contributed by atoms with van der Waals surface area (Å²) in [5.74, 6) is 0.0316. The lowest BCUT2D eigenvalue weighted by Crippen LogP contribution is -2.34. The summed E-state index contributed by atoms with van der Waals surface area (Å²) in [6, 6.07) is 9.74. The Morgan fingerprint density at radius 2 is 1.79 bits per heavy atom. The Hall–Kier alpha value is -1.66. The van der Waals surface area contributed by atoms with Crippen LogP contribution in [0.15, 0.2) is 41.3 Å². The van der Waals surface area contributed by atoms with E-state index in [4.69, 9.17) is 0 Å². The molecule has 1 aromatic heterocycles. The average Bonchev–Trinajstić information content (AvgIpc) is 3.00. The Morgan fingerprint density at radius 3 is 2.42 bits per heavy atom. The number of hydrogen-bond acceptors (Lipinski definition) is 4. The molecule has 0 aliphatic heterocycles. The van der Waals surface area contributed by atoms with Gasteiger partial charge >= 0.3 is 0 Å². The lowest BCUT2D eigenvalue weighted by Gasteiger charge is -2.17. The number of carbonyl (C=O) groups excluding carboxylic acids is 2. The Kier molecular flexibility index (Phi) is 6.18. The molecule has 0 atom stereocenters. The Balaban J connectivity index is 1.86. The number of nitrogens with one attached hydrogen (secondary N) is 1. The summed E-state index contributed by atoms with van der Waals surface area (Å²) >= 11 is 2.78. The van der Waals surface area contributed by atoms with Gasteiger partial charge in [0.05, 0.1) is 17.2 Å². The first kappa shape index (κ1) is 18.7. The summed E-state index contributed by atoms with van der Waals surface area (Å²) in [5, 5.41) is 2.87. The molecule has 24 heavy (non-hydrogen) atoms. The smallest absolute Gasteiger partial charge is 0.225 e. The van der Waals surface area contributed by atoms with Crippen molar-refractivity contribution in [2.75, 3.05) is 5.75 Å². The molecule has 3 nitrogen and oxygen atoms in total. The normalized spacial score (nSPS) is 11.3. The third kappa shape index (κ3) is 5.46. The van der Waals surface area contributed by atoms with Crippen molar-refractivity contribution >= 4 is 34.8 Å². The molecule has 1 amide bonds. The molecule has 2 rings (SSSR count). The standard InChI is InChI=1S/C18H20FNO2S2/c1-18(2,3)17(22)20-10-14-8-9-16(24-14)15(21)11-23-13-6-4-12(19)5-7-13/h4-9H,10-11H2,1-3H3,(H,20,22). The molecule has 0 bridgehead atoms. The first-order valence-corrected chi connectivity index (χ1v) is 9.34. The van der Waals surface area contributed by atoms with E-state index in [0.29, 0.717) is 17.2 Å². The van der Waals surface area contributed by atoms with Crippen molar-refractivity contribution in [3.63, 3.8) is 0 Å². The minimum absolute atomic E-state index is 0.0179. The summed E-state index contributed by atoms with van der Waals surface area (Å²) in [7, 11) is 0. The second kappa shape index (κ2) is 7.94. The van der Waals surface area contributed by atoms with Crippen LogP contribution < -0.4 is 5.32 Å². The van der Waals surface area contributed by atoms with Gasteiger partial charge in [0.2, 0.25) is 5.91 Å². The summed E-state index contributed by atoms with van der Waals surface area (Å²) in [5.41, 5.74) is -0.429. The maximum atomic E-state index is 12.9. The van der Waals surface area contributed by atoms with Gasteiger partial charge in [-0.2, -0.15) is 0 Å². The molecule has 1 heterocycles. The van der Waals surface area contributed by atoms with Crippen LogP contribution in [0.2, 0.25) is 0 Å². The van der Waals surface area contributed by atoms with E-state index in [9.17, 15) is 14.0 Å². The van der Waals surface area contributed by atoms with Crippen molar-refractivity contribution in [1.29, 1.82) is 0 Å². The van der Waals surface area contributed by atoms with Crippen LogP contribution in [0, 0.1) is 11.2 Å². The topological polar surface area (TPSA) is 46.2 Å². The zero-order chi connectivity index (χ0) is 17.7. The monoisotopic (exact) mass is 365 g/mol. The first-order valence-electron chi connectivity index (χ1n) is 7.54. The van der Waals surface area contributed by atoms with Crippen molar-refractivity contribution in [2.24, 2.45) is 5.41 Å². The number of benzene rings is 1. The second-order valence-corrected chi connectivity index (χ2v) is 8.58. The minimum Gasteiger partial charge on any atom is -0.351 e. The molecule has 1 aromatic carbocycles. The fraction of sp³-hybridized carbons (Fsp3) is 0.333. The van der Waals surface area contributed by atoms with Gasteiger partial charge in [-0.25, -0.2) is 4.39 Å². The summed E-state index contributed by atoms with van der Waals surface area (Å²) in [6.45, 7) is 6.01. The molecular formula is C18H20FNO2S2. The van der Waals surface area contributed by atoms with E-state index in [1.54, 1.807) is 18.2 Å². The average molecular weight is 365 g/mol. The molecule has 1 N–H and O–H groups in total. The quantitative estimate of drug-likeness (QED) is 0.604. The predicted octanol–water partition coefficient (Wildman–Crippen LogP) is 4.52. The van der Waals surface area contributed by atoms with Crippen LogP contribution in [-0.2, 0) is 11.3 Å². The van der Waals surface area contributed by atoms with Crippen molar-refractivity contribution in [2.45, 2.75) is 32.2 Å². The molecule has 0 aliphatic carbocycles. The van der Waals surface area contributed by atoms with Gasteiger partial charge in [-0.05, 0) is 36.4 Å². The van der Waals surface area contributed by atoms with Crippen LogP contribution >= 0.6 is 23.1 Å². The van der Waals surface area contributed by atoms with Crippen molar-refractivity contribution in [3.8, 4) is 0 Å². The molecule has 0 aliphatic rings. The molecule has 6 heteroatoms. The van der Waals surface area contributed by atoms with E-state index in [1.807, 2.05) is 26.8 Å². The maximum Gasteiger partial charge on any atom is 0.225 e. The minimum atomic E-state index is -0.429. The zero-order valence-corrected chi connectivity index (χ0v) is 15.5. The highest BCUT2D eigenvalue weighted by Crippen LogP contribution is 2.23. The van der Waals surface area contributed by atoms with Crippen LogP contribution in [0.5, 0.6) is 0 Å². The zero-order valence-electron chi connectivity index (χ0n) is 13.9. The van der Waals surface area contributed by atoms with Gasteiger partial charge in [0, 0.05) is 15.2 Å². The SMILES string of the molecule is CC(C)(C)C(=O)NCc1ccc(C(=O)CSc2ccc(F)cc2)s1. The van der Waals surface area contributed by atoms with Gasteiger partial charge in [-0.1, -0.05) is 20.8 Å². The third-order valence-corrected chi connectivity index (χ3v) is 5.36. The molecule has 0 radical (unpaired) electrons. The van der Waals surface area contributed by atoms with Crippen LogP contribution in [0.1, 0.15) is 35.3 Å². The number of thiophene rings is 1. The Morgan fingerprint density at radius 1 is 1.12 bits per heavy atom. The number of halogens is 1. The summed E-state index contributed by atoms with van der Waals surface area (Å²) in [6.07, 6.45) is 0. The van der Waals surface area contributed by atoms with Gasteiger partial charge in [-0.15, -0.1) is 23.1 Å². The lowest BCUT2D eigenvalue weighted by molar-refractivity contribution is -0.128. The van der Waals surface area contributed by atoms with Crippen LogP contribution in [0.4, 0.5) is 4.39 Å². The van der Waals surface area contributed by atoms with Gasteiger partial charge in [-0.3, -0.25) is 9.59 Å². The highest BCUT2D eigenvalue weighted by atomic mass is 32.2. The molecule has 0 saturated heterocycles. The van der Waals surface area contributed by atoms with E-state index in [-0.39, 0.29) is 17.5 Å². The van der Waals surface area contributed by atoms with E-state index in [1.165, 1.54) is 35.2 Å². The number of thioether (sulfide) groups is 1. The maximum absolute atomic E-state index is 12.9. The van der Waals surface area contributed by atoms with E-state index in [2.05, 4.69) is 5.32 Å². The largest absolute Gasteiger partial charge is 0.351 e. The van der Waals surface area contributed by atoms with Crippen LogP contribution in [0.3, 0.4) is 0 Å². The van der Waals surface area contributed by atoms with E-state index >= 15 is 0 Å².